The third-order valence-corrected chi connectivity index (χ3v) is 3.13. The van der Waals surface area contributed by atoms with E-state index in [-0.39, 0.29) is 5.97 Å². The van der Waals surface area contributed by atoms with Crippen LogP contribution in [-0.4, -0.2) is 38.4 Å². The van der Waals surface area contributed by atoms with Crippen LogP contribution in [0.5, 0.6) is 5.75 Å². The lowest BCUT2D eigenvalue weighted by Gasteiger charge is -2.20. The molecule has 5 heteroatoms. The van der Waals surface area contributed by atoms with E-state index in [4.69, 9.17) is 15.2 Å². The summed E-state index contributed by atoms with van der Waals surface area (Å²) in [6, 6.07) is 9.63. The van der Waals surface area contributed by atoms with Gasteiger partial charge in [-0.1, -0.05) is 18.2 Å². The van der Waals surface area contributed by atoms with E-state index in [1.807, 2.05) is 30.3 Å². The summed E-state index contributed by atoms with van der Waals surface area (Å²) >= 11 is 0. The zero-order chi connectivity index (χ0) is 15.6. The van der Waals surface area contributed by atoms with Crippen LogP contribution in [0.4, 0.5) is 0 Å². The third-order valence-electron chi connectivity index (χ3n) is 3.13. The molecule has 0 bridgehead atoms. The van der Waals surface area contributed by atoms with Gasteiger partial charge in [-0.15, -0.1) is 0 Å². The highest BCUT2D eigenvalue weighted by Gasteiger charge is 2.28. The van der Waals surface area contributed by atoms with Crippen molar-refractivity contribution in [1.29, 1.82) is 0 Å². The molecule has 118 valence electrons. The number of para-hydroxylation sites is 1. The lowest BCUT2D eigenvalue weighted by molar-refractivity contribution is -0.146. The Kier molecular flexibility index (Phi) is 7.79. The van der Waals surface area contributed by atoms with E-state index in [9.17, 15) is 4.79 Å². The Labute approximate surface area is 126 Å². The first-order valence-corrected chi connectivity index (χ1v) is 7.19. The molecular weight excluding hydrogens is 270 g/mol. The summed E-state index contributed by atoms with van der Waals surface area (Å²) in [5, 5.41) is 0. The molecule has 2 N–H and O–H groups in total. The van der Waals surface area contributed by atoms with Gasteiger partial charge in [0.1, 0.15) is 17.9 Å². The summed E-state index contributed by atoms with van der Waals surface area (Å²) in [5.41, 5.74) is 4.95. The number of ether oxygens (including phenoxy) is 3. The summed E-state index contributed by atoms with van der Waals surface area (Å²) < 4.78 is 15.6. The van der Waals surface area contributed by atoms with Crippen LogP contribution in [0.3, 0.4) is 0 Å². The van der Waals surface area contributed by atoms with Gasteiger partial charge < -0.3 is 19.9 Å². The van der Waals surface area contributed by atoms with Gasteiger partial charge in [-0.05, 0) is 38.3 Å². The van der Waals surface area contributed by atoms with Crippen LogP contribution < -0.4 is 10.5 Å². The summed E-state index contributed by atoms with van der Waals surface area (Å²) in [6.45, 7) is 3.40. The zero-order valence-electron chi connectivity index (χ0n) is 12.8. The molecule has 0 heterocycles. The summed E-state index contributed by atoms with van der Waals surface area (Å²) in [6.07, 6.45) is 2.26. The Morgan fingerprint density at radius 1 is 1.14 bits per heavy atom. The number of unbranched alkanes of at least 4 members (excludes halogenated alkanes) is 1. The number of methoxy groups -OCH3 is 1. The maximum atomic E-state index is 11.4. The fourth-order valence-corrected chi connectivity index (χ4v) is 1.87. The van der Waals surface area contributed by atoms with Crippen LogP contribution in [-0.2, 0) is 14.3 Å². The molecule has 0 amide bonds. The molecule has 5 nitrogen and oxygen atoms in total. The molecule has 0 spiro atoms. The largest absolute Gasteiger partial charge is 0.491 e. The van der Waals surface area contributed by atoms with Crippen molar-refractivity contribution in [2.75, 3.05) is 26.9 Å². The van der Waals surface area contributed by atoms with Crippen LogP contribution in [0.15, 0.2) is 30.3 Å². The number of carbonyl (C=O) groups excluding carboxylic acids is 1. The predicted molar refractivity (Wildman–Crippen MR) is 81.2 cm³/mol. The normalized spacial score (nSPS) is 13.5. The van der Waals surface area contributed by atoms with E-state index in [1.165, 1.54) is 7.11 Å². The molecule has 0 radical (unpaired) electrons. The van der Waals surface area contributed by atoms with Gasteiger partial charge in [0.05, 0.1) is 13.7 Å². The van der Waals surface area contributed by atoms with Crippen molar-refractivity contribution in [3.8, 4) is 5.75 Å². The van der Waals surface area contributed by atoms with Gasteiger partial charge >= 0.3 is 5.97 Å². The molecule has 0 aliphatic carbocycles. The van der Waals surface area contributed by atoms with Crippen molar-refractivity contribution in [2.45, 2.75) is 31.7 Å². The second kappa shape index (κ2) is 9.37. The topological polar surface area (TPSA) is 70.8 Å². The maximum absolute atomic E-state index is 11.4. The van der Waals surface area contributed by atoms with Gasteiger partial charge in [0.2, 0.25) is 0 Å². The first-order valence-electron chi connectivity index (χ1n) is 7.19. The summed E-state index contributed by atoms with van der Waals surface area (Å²) in [4.78, 5) is 11.4. The average Bonchev–Trinajstić information content (AvgIpc) is 2.50. The van der Waals surface area contributed by atoms with Crippen molar-refractivity contribution < 1.29 is 19.0 Å². The van der Waals surface area contributed by atoms with E-state index in [1.54, 1.807) is 6.92 Å². The fourth-order valence-electron chi connectivity index (χ4n) is 1.87. The van der Waals surface area contributed by atoms with Gasteiger partial charge in [-0.25, -0.2) is 0 Å². The zero-order valence-corrected chi connectivity index (χ0v) is 12.8. The third kappa shape index (κ3) is 7.11. The smallest absolute Gasteiger partial charge is 0.325 e. The molecule has 0 saturated carbocycles. The first-order chi connectivity index (χ1) is 10.1. The highest BCUT2D eigenvalue weighted by atomic mass is 16.5. The van der Waals surface area contributed by atoms with E-state index in [0.717, 1.165) is 18.6 Å². The number of esters is 1. The lowest BCUT2D eigenvalue weighted by atomic mass is 9.96. The minimum absolute atomic E-state index is 0.375. The predicted octanol–water partition coefficient (Wildman–Crippen LogP) is 2.14. The molecule has 1 unspecified atom stereocenters. The fraction of sp³-hybridized carbons (Fsp3) is 0.562. The molecule has 0 aliphatic heterocycles. The second-order valence-electron chi connectivity index (χ2n) is 5.14. The standard InChI is InChI=1S/C16H25NO4/c1-16(17,15(18)19-2)10-6-7-11-20-12-13-21-14-8-4-3-5-9-14/h3-5,8-9H,6-7,10-13,17H2,1-2H3. The molecule has 0 aromatic heterocycles. The lowest BCUT2D eigenvalue weighted by Crippen LogP contribution is -2.45. The number of carbonyl (C=O) groups is 1. The SMILES string of the molecule is COC(=O)C(C)(N)CCCCOCCOc1ccccc1. The molecule has 21 heavy (non-hydrogen) atoms. The van der Waals surface area contributed by atoms with Gasteiger partial charge in [0.25, 0.3) is 0 Å². The van der Waals surface area contributed by atoms with Crippen molar-refractivity contribution in [3.05, 3.63) is 30.3 Å². The van der Waals surface area contributed by atoms with Crippen LogP contribution >= 0.6 is 0 Å². The minimum atomic E-state index is -0.912. The molecule has 0 saturated heterocycles. The van der Waals surface area contributed by atoms with Crippen LogP contribution in [0, 0.1) is 0 Å². The number of rotatable bonds is 10. The van der Waals surface area contributed by atoms with Crippen molar-refractivity contribution in [2.24, 2.45) is 5.73 Å². The van der Waals surface area contributed by atoms with Gasteiger partial charge in [0, 0.05) is 6.61 Å². The van der Waals surface area contributed by atoms with Crippen molar-refractivity contribution in [3.63, 3.8) is 0 Å². The number of benzene rings is 1. The van der Waals surface area contributed by atoms with Crippen molar-refractivity contribution in [1.82, 2.24) is 0 Å². The first kappa shape index (κ1) is 17.5. The van der Waals surface area contributed by atoms with E-state index >= 15 is 0 Å². The second-order valence-corrected chi connectivity index (χ2v) is 5.14. The number of nitrogens with two attached hydrogens (primary N) is 1. The highest BCUT2D eigenvalue weighted by Crippen LogP contribution is 2.12. The quantitative estimate of drug-likeness (QED) is 0.529. The van der Waals surface area contributed by atoms with E-state index < -0.39 is 5.54 Å². The van der Waals surface area contributed by atoms with Gasteiger partial charge in [-0.3, -0.25) is 4.79 Å². The monoisotopic (exact) mass is 295 g/mol. The van der Waals surface area contributed by atoms with Crippen molar-refractivity contribution >= 4 is 5.97 Å². The Morgan fingerprint density at radius 3 is 2.52 bits per heavy atom. The Balaban J connectivity index is 1.99. The van der Waals surface area contributed by atoms with Gasteiger partial charge in [0.15, 0.2) is 0 Å². The molecule has 0 aliphatic rings. The molecule has 0 fully saturated rings. The summed E-state index contributed by atoms with van der Waals surface area (Å²) in [7, 11) is 1.35. The highest BCUT2D eigenvalue weighted by molar-refractivity contribution is 5.79. The van der Waals surface area contributed by atoms with E-state index in [2.05, 4.69) is 4.74 Å². The van der Waals surface area contributed by atoms with Crippen LogP contribution in [0.25, 0.3) is 0 Å². The average molecular weight is 295 g/mol. The molecular formula is C16H25NO4. The molecule has 1 atom stereocenters. The van der Waals surface area contributed by atoms with E-state index in [0.29, 0.717) is 26.2 Å². The number of hydrogen-bond donors (Lipinski definition) is 1. The van der Waals surface area contributed by atoms with Gasteiger partial charge in [-0.2, -0.15) is 0 Å². The molecule has 1 rings (SSSR count). The van der Waals surface area contributed by atoms with Crippen LogP contribution in [0.2, 0.25) is 0 Å². The molecule has 1 aromatic rings. The van der Waals surface area contributed by atoms with Crippen LogP contribution in [0.1, 0.15) is 26.2 Å². The Bertz CT molecular complexity index is 406. The molecule has 1 aromatic carbocycles. The Morgan fingerprint density at radius 2 is 1.86 bits per heavy atom. The number of hydrogen-bond acceptors (Lipinski definition) is 5. The minimum Gasteiger partial charge on any atom is -0.491 e. The Hall–Kier alpha value is -1.59. The maximum Gasteiger partial charge on any atom is 0.325 e. The summed E-state index contributed by atoms with van der Waals surface area (Å²) in [5.74, 6) is 0.470.